The van der Waals surface area contributed by atoms with Crippen molar-refractivity contribution in [2.75, 3.05) is 26.2 Å². The normalized spacial score (nSPS) is 15.6. The number of nitrogens with zero attached hydrogens (tertiary/aromatic N) is 2. The van der Waals surface area contributed by atoms with E-state index >= 15 is 0 Å². The molecule has 28 heavy (non-hydrogen) atoms. The van der Waals surface area contributed by atoms with Crippen molar-refractivity contribution < 1.29 is 22.7 Å². The molecule has 1 aromatic heterocycles. The second-order valence-electron chi connectivity index (χ2n) is 6.69. The topological polar surface area (TPSA) is 99.6 Å². The zero-order chi connectivity index (χ0) is 20.1. The maximum atomic E-state index is 14.1. The van der Waals surface area contributed by atoms with Crippen molar-refractivity contribution in [3.05, 3.63) is 59.7 Å². The number of aliphatic hydroxyl groups excluding tert-OH is 1. The molecule has 2 aromatic rings. The number of aliphatic hydroxyl groups is 1. The first-order valence-electron chi connectivity index (χ1n) is 9.00. The maximum absolute atomic E-state index is 14.1. The van der Waals surface area contributed by atoms with Gasteiger partial charge in [0.1, 0.15) is 10.7 Å². The molecule has 1 aromatic carbocycles. The first-order chi connectivity index (χ1) is 13.4. The lowest BCUT2D eigenvalue weighted by Crippen LogP contribution is -2.42. The van der Waals surface area contributed by atoms with E-state index in [9.17, 15) is 22.7 Å². The van der Waals surface area contributed by atoms with E-state index < -0.39 is 26.6 Å². The van der Waals surface area contributed by atoms with E-state index in [-0.39, 0.29) is 24.6 Å². The van der Waals surface area contributed by atoms with Gasteiger partial charge in [-0.15, -0.1) is 0 Å². The molecule has 2 N–H and O–H groups in total. The van der Waals surface area contributed by atoms with Gasteiger partial charge in [0.05, 0.1) is 0 Å². The summed E-state index contributed by atoms with van der Waals surface area (Å²) in [6.07, 6.45) is 2.87. The number of halogens is 1. The predicted octanol–water partition coefficient (Wildman–Crippen LogP) is 1.20. The van der Waals surface area contributed by atoms with Crippen LogP contribution in [0.4, 0.5) is 4.39 Å². The number of rotatable bonds is 8. The second kappa shape index (κ2) is 8.76. The molecule has 150 valence electrons. The van der Waals surface area contributed by atoms with E-state index in [1.165, 1.54) is 10.4 Å². The van der Waals surface area contributed by atoms with Crippen molar-refractivity contribution in [3.63, 3.8) is 0 Å². The number of benzene rings is 1. The van der Waals surface area contributed by atoms with Gasteiger partial charge < -0.3 is 10.4 Å². The highest BCUT2D eigenvalue weighted by Crippen LogP contribution is 2.24. The van der Waals surface area contributed by atoms with Gasteiger partial charge >= 0.3 is 0 Å². The summed E-state index contributed by atoms with van der Waals surface area (Å²) in [5.74, 6) is -1.66. The molecule has 0 unspecified atom stereocenters. The Labute approximate surface area is 163 Å². The molecule has 9 heteroatoms. The second-order valence-corrected chi connectivity index (χ2v) is 8.59. The van der Waals surface area contributed by atoms with Crippen molar-refractivity contribution in [2.45, 2.75) is 17.7 Å². The third kappa shape index (κ3) is 4.54. The van der Waals surface area contributed by atoms with Crippen LogP contribution in [0.3, 0.4) is 0 Å². The lowest BCUT2D eigenvalue weighted by Gasteiger charge is -2.29. The average Bonchev–Trinajstić information content (AvgIpc) is 2.64. The summed E-state index contributed by atoms with van der Waals surface area (Å²) in [4.78, 5) is 16.1. The molecular formula is C19H22FN3O4S. The molecule has 1 atom stereocenters. The van der Waals surface area contributed by atoms with Crippen molar-refractivity contribution in [1.82, 2.24) is 14.6 Å². The quantitative estimate of drug-likeness (QED) is 0.685. The van der Waals surface area contributed by atoms with Crippen LogP contribution in [0.5, 0.6) is 0 Å². The summed E-state index contributed by atoms with van der Waals surface area (Å²) in [5, 5.41) is 12.2. The lowest BCUT2D eigenvalue weighted by molar-refractivity contribution is 0.0939. The van der Waals surface area contributed by atoms with E-state index in [1.807, 2.05) is 12.1 Å². The van der Waals surface area contributed by atoms with Crippen molar-refractivity contribution in [3.8, 4) is 0 Å². The minimum Gasteiger partial charge on any atom is -0.396 e. The van der Waals surface area contributed by atoms with Crippen molar-refractivity contribution in [2.24, 2.45) is 5.92 Å². The first kappa shape index (κ1) is 20.4. The molecule has 1 fully saturated rings. The number of amides is 1. The predicted molar refractivity (Wildman–Crippen MR) is 101 cm³/mol. The van der Waals surface area contributed by atoms with Gasteiger partial charge in [0.25, 0.3) is 5.91 Å². The van der Waals surface area contributed by atoms with Crippen LogP contribution in [0.1, 0.15) is 22.5 Å². The van der Waals surface area contributed by atoms with Gasteiger partial charge in [-0.25, -0.2) is 12.8 Å². The summed E-state index contributed by atoms with van der Waals surface area (Å²) in [6, 6.07) is 8.75. The third-order valence-electron chi connectivity index (χ3n) is 4.66. The minimum atomic E-state index is -3.94. The summed E-state index contributed by atoms with van der Waals surface area (Å²) < 4.78 is 40.1. The zero-order valence-corrected chi connectivity index (χ0v) is 16.0. The number of hydrogen-bond acceptors (Lipinski definition) is 5. The summed E-state index contributed by atoms with van der Waals surface area (Å²) in [6.45, 7) is 0.736. The van der Waals surface area contributed by atoms with Crippen LogP contribution in [0, 0.1) is 11.7 Å². The van der Waals surface area contributed by atoms with Crippen LogP contribution < -0.4 is 5.32 Å². The van der Waals surface area contributed by atoms with E-state index in [0.29, 0.717) is 19.5 Å². The van der Waals surface area contributed by atoms with Crippen molar-refractivity contribution >= 4 is 15.9 Å². The SMILES string of the molecule is O=C(NC[C@H](CO)Cc1ccccn1)c1ccc(F)c(S(=O)(=O)N2CCC2)c1. The highest BCUT2D eigenvalue weighted by Gasteiger charge is 2.32. The fraction of sp³-hybridized carbons (Fsp3) is 0.368. The number of aromatic nitrogens is 1. The summed E-state index contributed by atoms with van der Waals surface area (Å²) >= 11 is 0. The third-order valence-corrected chi connectivity index (χ3v) is 6.57. The highest BCUT2D eigenvalue weighted by atomic mass is 32.2. The number of pyridine rings is 1. The van der Waals surface area contributed by atoms with Gasteiger partial charge in [-0.05, 0) is 43.2 Å². The Kier molecular flexibility index (Phi) is 6.38. The number of hydrogen-bond donors (Lipinski definition) is 2. The Morgan fingerprint density at radius 2 is 2.07 bits per heavy atom. The largest absolute Gasteiger partial charge is 0.396 e. The standard InChI is InChI=1S/C19H22FN3O4S/c20-17-6-5-15(11-18(17)28(26,27)23-8-3-9-23)19(25)22-12-14(13-24)10-16-4-1-2-7-21-16/h1-2,4-7,11,14,24H,3,8-10,12-13H2,(H,22,25)/t14-/m1/s1. The van der Waals surface area contributed by atoms with Crippen LogP contribution in [0.15, 0.2) is 47.5 Å². The molecule has 3 rings (SSSR count). The Balaban J connectivity index is 1.68. The molecule has 2 heterocycles. The smallest absolute Gasteiger partial charge is 0.251 e. The van der Waals surface area contributed by atoms with Gasteiger partial charge in [0, 0.05) is 49.6 Å². The highest BCUT2D eigenvalue weighted by molar-refractivity contribution is 7.89. The van der Waals surface area contributed by atoms with E-state index in [2.05, 4.69) is 10.3 Å². The zero-order valence-electron chi connectivity index (χ0n) is 15.2. The number of nitrogens with one attached hydrogen (secondary N) is 1. The Bertz CT molecular complexity index is 933. The van der Waals surface area contributed by atoms with Gasteiger partial charge in [0.2, 0.25) is 10.0 Å². The van der Waals surface area contributed by atoms with Crippen LogP contribution in [-0.2, 0) is 16.4 Å². The Hall–Kier alpha value is -2.36. The summed E-state index contributed by atoms with van der Waals surface area (Å²) in [7, 11) is -3.94. The molecule has 0 bridgehead atoms. The van der Waals surface area contributed by atoms with Gasteiger partial charge in [-0.2, -0.15) is 4.31 Å². The first-order valence-corrected chi connectivity index (χ1v) is 10.4. The van der Waals surface area contributed by atoms with Crippen molar-refractivity contribution in [1.29, 1.82) is 0 Å². The summed E-state index contributed by atoms with van der Waals surface area (Å²) in [5.41, 5.74) is 0.843. The molecule has 0 radical (unpaired) electrons. The molecule has 1 aliphatic rings. The molecular weight excluding hydrogens is 385 g/mol. The van der Waals surface area contributed by atoms with Gasteiger partial charge in [0.15, 0.2) is 0 Å². The number of sulfonamides is 1. The van der Waals surface area contributed by atoms with E-state index in [0.717, 1.165) is 24.2 Å². The molecule has 1 aliphatic heterocycles. The van der Waals surface area contributed by atoms with Crippen LogP contribution in [0.25, 0.3) is 0 Å². The molecule has 0 spiro atoms. The lowest BCUT2D eigenvalue weighted by atomic mass is 10.0. The molecule has 0 aliphatic carbocycles. The minimum absolute atomic E-state index is 0.0509. The average molecular weight is 407 g/mol. The molecule has 7 nitrogen and oxygen atoms in total. The van der Waals surface area contributed by atoms with E-state index in [1.54, 1.807) is 12.3 Å². The molecule has 1 amide bonds. The Morgan fingerprint density at radius 1 is 1.29 bits per heavy atom. The molecule has 0 saturated carbocycles. The number of carbonyl (C=O) groups excluding carboxylic acids is 1. The fourth-order valence-electron chi connectivity index (χ4n) is 2.86. The molecule has 1 saturated heterocycles. The van der Waals surface area contributed by atoms with Gasteiger partial charge in [-0.1, -0.05) is 6.07 Å². The monoisotopic (exact) mass is 407 g/mol. The van der Waals surface area contributed by atoms with Gasteiger partial charge in [-0.3, -0.25) is 9.78 Å². The van der Waals surface area contributed by atoms with E-state index in [4.69, 9.17) is 0 Å². The van der Waals surface area contributed by atoms with Crippen LogP contribution in [-0.4, -0.2) is 55.0 Å². The number of carbonyl (C=O) groups is 1. The Morgan fingerprint density at radius 3 is 2.68 bits per heavy atom. The fourth-order valence-corrected chi connectivity index (χ4v) is 4.47. The van der Waals surface area contributed by atoms with Crippen LogP contribution in [0.2, 0.25) is 0 Å². The maximum Gasteiger partial charge on any atom is 0.251 e. The van der Waals surface area contributed by atoms with Crippen LogP contribution >= 0.6 is 0 Å².